The number of methoxy groups -OCH3 is 1. The molecule has 0 aromatic heterocycles. The second-order valence-electron chi connectivity index (χ2n) is 4.71. The predicted octanol–water partition coefficient (Wildman–Crippen LogP) is 3.62. The van der Waals surface area contributed by atoms with Crippen molar-refractivity contribution < 1.29 is 4.74 Å². The van der Waals surface area contributed by atoms with E-state index >= 15 is 0 Å². The van der Waals surface area contributed by atoms with Crippen LogP contribution in [-0.2, 0) is 0 Å². The molecule has 1 aliphatic heterocycles. The maximum absolute atomic E-state index is 5.33. The minimum Gasteiger partial charge on any atom is -0.495 e. The van der Waals surface area contributed by atoms with Gasteiger partial charge in [-0.2, -0.15) is 0 Å². The van der Waals surface area contributed by atoms with Gasteiger partial charge in [-0.05, 0) is 24.5 Å². The third-order valence-electron chi connectivity index (χ3n) is 3.05. The molecule has 0 saturated carbocycles. The van der Waals surface area contributed by atoms with E-state index in [1.54, 1.807) is 18.9 Å². The number of nitrogens with zero attached hydrogens (tertiary/aromatic N) is 1. The van der Waals surface area contributed by atoms with E-state index in [-0.39, 0.29) is 0 Å². The molecule has 4 heteroatoms. The van der Waals surface area contributed by atoms with Crippen molar-refractivity contribution >= 4 is 22.6 Å². The molecular formula is C14H20N2OS. The van der Waals surface area contributed by atoms with E-state index in [9.17, 15) is 0 Å². The number of thioether (sulfide) groups is 1. The fourth-order valence-corrected chi connectivity index (χ4v) is 2.89. The molecule has 1 unspecified atom stereocenters. The molecule has 1 atom stereocenters. The standard InChI is InChI=1S/C14H20N2OS/c1-10(2)11-8-9-18-14(15-11)16-12-6-4-5-7-13(12)17-3/h4-7,10-11H,8-9H2,1-3H3,(H,15,16). The Morgan fingerprint density at radius 1 is 1.39 bits per heavy atom. The van der Waals surface area contributed by atoms with Crippen LogP contribution in [-0.4, -0.2) is 24.1 Å². The van der Waals surface area contributed by atoms with Gasteiger partial charge in [0.2, 0.25) is 0 Å². The Kier molecular flexibility index (Phi) is 4.53. The monoisotopic (exact) mass is 264 g/mol. The summed E-state index contributed by atoms with van der Waals surface area (Å²) in [5.41, 5.74) is 0.982. The van der Waals surface area contributed by atoms with Crippen molar-refractivity contribution in [2.45, 2.75) is 26.3 Å². The van der Waals surface area contributed by atoms with Gasteiger partial charge in [0, 0.05) is 5.75 Å². The maximum atomic E-state index is 5.33. The molecule has 1 aromatic rings. The number of ether oxygens (including phenoxy) is 1. The van der Waals surface area contributed by atoms with Crippen LogP contribution in [0.5, 0.6) is 5.75 Å². The summed E-state index contributed by atoms with van der Waals surface area (Å²) in [4.78, 5) is 4.76. The van der Waals surface area contributed by atoms with Crippen molar-refractivity contribution in [1.29, 1.82) is 0 Å². The Bertz CT molecular complexity index is 432. The molecule has 98 valence electrons. The number of benzene rings is 1. The molecule has 1 aromatic carbocycles. The lowest BCUT2D eigenvalue weighted by Crippen LogP contribution is -2.24. The fourth-order valence-electron chi connectivity index (χ4n) is 1.94. The summed E-state index contributed by atoms with van der Waals surface area (Å²) < 4.78 is 5.33. The van der Waals surface area contributed by atoms with Crippen LogP contribution in [0.3, 0.4) is 0 Å². The van der Waals surface area contributed by atoms with E-state index in [4.69, 9.17) is 9.73 Å². The number of nitrogens with one attached hydrogen (secondary N) is 1. The first-order chi connectivity index (χ1) is 8.70. The molecule has 18 heavy (non-hydrogen) atoms. The number of aliphatic imine (C=N–C) groups is 1. The van der Waals surface area contributed by atoms with E-state index in [0.717, 1.165) is 22.4 Å². The van der Waals surface area contributed by atoms with Crippen LogP contribution in [0, 0.1) is 5.92 Å². The van der Waals surface area contributed by atoms with Crippen LogP contribution in [0.25, 0.3) is 0 Å². The first-order valence-electron chi connectivity index (χ1n) is 6.31. The second-order valence-corrected chi connectivity index (χ2v) is 5.79. The van der Waals surface area contributed by atoms with Crippen LogP contribution in [0.2, 0.25) is 0 Å². The van der Waals surface area contributed by atoms with Crippen molar-refractivity contribution in [2.24, 2.45) is 10.9 Å². The van der Waals surface area contributed by atoms with E-state index in [0.29, 0.717) is 12.0 Å². The van der Waals surface area contributed by atoms with E-state index < -0.39 is 0 Å². The van der Waals surface area contributed by atoms with Gasteiger partial charge < -0.3 is 10.1 Å². The van der Waals surface area contributed by atoms with Gasteiger partial charge in [-0.15, -0.1) is 0 Å². The van der Waals surface area contributed by atoms with E-state index in [2.05, 4.69) is 19.2 Å². The Hall–Kier alpha value is -1.16. The van der Waals surface area contributed by atoms with Gasteiger partial charge in [0.25, 0.3) is 0 Å². The number of amidine groups is 1. The maximum Gasteiger partial charge on any atom is 0.161 e. The molecule has 1 aliphatic rings. The Balaban J connectivity index is 2.13. The highest BCUT2D eigenvalue weighted by molar-refractivity contribution is 8.14. The van der Waals surface area contributed by atoms with Gasteiger partial charge in [-0.1, -0.05) is 37.7 Å². The third kappa shape index (κ3) is 3.19. The zero-order valence-electron chi connectivity index (χ0n) is 11.1. The molecule has 2 rings (SSSR count). The average molecular weight is 264 g/mol. The zero-order valence-corrected chi connectivity index (χ0v) is 12.0. The summed E-state index contributed by atoms with van der Waals surface area (Å²) in [6.07, 6.45) is 1.17. The number of anilines is 1. The minimum atomic E-state index is 0.434. The van der Waals surface area contributed by atoms with Crippen molar-refractivity contribution in [3.8, 4) is 5.75 Å². The van der Waals surface area contributed by atoms with Crippen molar-refractivity contribution in [1.82, 2.24) is 0 Å². The molecule has 0 spiro atoms. The lowest BCUT2D eigenvalue weighted by molar-refractivity contribution is 0.417. The zero-order chi connectivity index (χ0) is 13.0. The van der Waals surface area contributed by atoms with Gasteiger partial charge in [0.15, 0.2) is 5.17 Å². The Morgan fingerprint density at radius 2 is 2.17 bits per heavy atom. The van der Waals surface area contributed by atoms with Crippen LogP contribution < -0.4 is 10.1 Å². The van der Waals surface area contributed by atoms with Crippen LogP contribution in [0.1, 0.15) is 20.3 Å². The summed E-state index contributed by atoms with van der Waals surface area (Å²) in [5, 5.41) is 4.38. The Morgan fingerprint density at radius 3 is 2.89 bits per heavy atom. The predicted molar refractivity (Wildman–Crippen MR) is 79.8 cm³/mol. The molecule has 0 aliphatic carbocycles. The summed E-state index contributed by atoms with van der Waals surface area (Å²) in [6.45, 7) is 4.45. The molecule has 3 nitrogen and oxygen atoms in total. The van der Waals surface area contributed by atoms with Crippen LogP contribution in [0.4, 0.5) is 5.69 Å². The van der Waals surface area contributed by atoms with Gasteiger partial charge >= 0.3 is 0 Å². The lowest BCUT2D eigenvalue weighted by atomic mass is 10.0. The minimum absolute atomic E-state index is 0.434. The highest BCUT2D eigenvalue weighted by Crippen LogP contribution is 2.27. The smallest absolute Gasteiger partial charge is 0.161 e. The van der Waals surface area contributed by atoms with Crippen molar-refractivity contribution in [3.05, 3.63) is 24.3 Å². The van der Waals surface area contributed by atoms with Gasteiger partial charge in [-0.25, -0.2) is 0 Å². The summed E-state index contributed by atoms with van der Waals surface area (Å²) >= 11 is 1.78. The Labute approximate surface area is 113 Å². The molecule has 1 N–H and O–H groups in total. The molecule has 0 radical (unpaired) electrons. The van der Waals surface area contributed by atoms with E-state index in [1.807, 2.05) is 24.3 Å². The number of hydrogen-bond donors (Lipinski definition) is 1. The van der Waals surface area contributed by atoms with Gasteiger partial charge in [0.1, 0.15) is 5.75 Å². The largest absolute Gasteiger partial charge is 0.495 e. The second kappa shape index (κ2) is 6.14. The van der Waals surface area contributed by atoms with Crippen LogP contribution in [0.15, 0.2) is 29.3 Å². The highest BCUT2D eigenvalue weighted by Gasteiger charge is 2.19. The molecule has 0 amide bonds. The molecule has 0 fully saturated rings. The molecule has 1 heterocycles. The third-order valence-corrected chi connectivity index (χ3v) is 3.97. The van der Waals surface area contributed by atoms with Crippen LogP contribution >= 0.6 is 11.8 Å². The highest BCUT2D eigenvalue weighted by atomic mass is 32.2. The average Bonchev–Trinajstić information content (AvgIpc) is 2.39. The van der Waals surface area contributed by atoms with Crippen molar-refractivity contribution in [2.75, 3.05) is 18.2 Å². The summed E-state index contributed by atoms with van der Waals surface area (Å²) in [7, 11) is 1.69. The van der Waals surface area contributed by atoms with Gasteiger partial charge in [-0.3, -0.25) is 4.99 Å². The van der Waals surface area contributed by atoms with Crippen molar-refractivity contribution in [3.63, 3.8) is 0 Å². The molecule has 0 saturated heterocycles. The molecule has 0 bridgehead atoms. The SMILES string of the molecule is COc1ccccc1NC1=NC(C(C)C)CCS1. The number of rotatable bonds is 3. The topological polar surface area (TPSA) is 33.6 Å². The van der Waals surface area contributed by atoms with E-state index in [1.165, 1.54) is 6.42 Å². The first-order valence-corrected chi connectivity index (χ1v) is 7.30. The summed E-state index contributed by atoms with van der Waals surface area (Å²) in [5.74, 6) is 2.58. The number of para-hydroxylation sites is 2. The van der Waals surface area contributed by atoms with Gasteiger partial charge in [0.05, 0.1) is 18.8 Å². The first kappa shape index (κ1) is 13.3. The normalized spacial score (nSPS) is 19.6. The summed E-state index contributed by atoms with van der Waals surface area (Å²) in [6, 6.07) is 8.37. The fraction of sp³-hybridized carbons (Fsp3) is 0.500. The molecular weight excluding hydrogens is 244 g/mol. The number of hydrogen-bond acceptors (Lipinski definition) is 4. The quantitative estimate of drug-likeness (QED) is 0.905. The lowest BCUT2D eigenvalue weighted by Gasteiger charge is -2.23.